The second kappa shape index (κ2) is 6.74. The molecule has 1 amide bonds. The SMILES string of the molecule is CCCCC(C)N1C(=O)C(CC)NC1C1CCCC1. The van der Waals surface area contributed by atoms with Gasteiger partial charge in [-0.3, -0.25) is 10.1 Å². The number of carbonyl (C=O) groups is 1. The van der Waals surface area contributed by atoms with E-state index < -0.39 is 0 Å². The fraction of sp³-hybridized carbons (Fsp3) is 0.938. The van der Waals surface area contributed by atoms with Crippen LogP contribution in [0.1, 0.15) is 72.1 Å². The van der Waals surface area contributed by atoms with E-state index in [2.05, 4.69) is 31.0 Å². The number of hydrogen-bond acceptors (Lipinski definition) is 2. The average Bonchev–Trinajstić information content (AvgIpc) is 3.03. The number of rotatable bonds is 6. The first kappa shape index (κ1) is 14.8. The van der Waals surface area contributed by atoms with E-state index in [9.17, 15) is 4.79 Å². The van der Waals surface area contributed by atoms with E-state index in [0.29, 0.717) is 24.0 Å². The minimum Gasteiger partial charge on any atom is -0.323 e. The molecule has 1 N–H and O–H groups in total. The largest absolute Gasteiger partial charge is 0.323 e. The second-order valence-electron chi connectivity index (χ2n) is 6.35. The first-order chi connectivity index (χ1) is 9.19. The Labute approximate surface area is 118 Å². The molecular formula is C16H30N2O. The van der Waals surface area contributed by atoms with Crippen molar-refractivity contribution in [2.45, 2.75) is 90.4 Å². The van der Waals surface area contributed by atoms with E-state index in [1.54, 1.807) is 0 Å². The Bertz CT molecular complexity index is 299. The van der Waals surface area contributed by atoms with Gasteiger partial charge in [0.15, 0.2) is 0 Å². The lowest BCUT2D eigenvalue weighted by molar-refractivity contribution is -0.132. The predicted octanol–water partition coefficient (Wildman–Crippen LogP) is 3.29. The summed E-state index contributed by atoms with van der Waals surface area (Å²) >= 11 is 0. The van der Waals surface area contributed by atoms with E-state index in [4.69, 9.17) is 0 Å². The van der Waals surface area contributed by atoms with Gasteiger partial charge in [-0.15, -0.1) is 0 Å². The molecule has 3 nitrogen and oxygen atoms in total. The van der Waals surface area contributed by atoms with Gasteiger partial charge in [-0.25, -0.2) is 0 Å². The first-order valence-electron chi connectivity index (χ1n) is 8.27. The van der Waals surface area contributed by atoms with Gasteiger partial charge in [-0.2, -0.15) is 0 Å². The Balaban J connectivity index is 2.07. The molecule has 0 bridgehead atoms. The summed E-state index contributed by atoms with van der Waals surface area (Å²) in [6.45, 7) is 6.57. The van der Waals surface area contributed by atoms with Crippen LogP contribution >= 0.6 is 0 Å². The summed E-state index contributed by atoms with van der Waals surface area (Å²) in [5.74, 6) is 1.03. The van der Waals surface area contributed by atoms with Crippen LogP contribution < -0.4 is 5.32 Å². The number of hydrogen-bond donors (Lipinski definition) is 1. The zero-order chi connectivity index (χ0) is 13.8. The van der Waals surface area contributed by atoms with Gasteiger partial charge in [0, 0.05) is 6.04 Å². The van der Waals surface area contributed by atoms with Crippen molar-refractivity contribution in [3.63, 3.8) is 0 Å². The van der Waals surface area contributed by atoms with Gasteiger partial charge < -0.3 is 4.90 Å². The van der Waals surface area contributed by atoms with Crippen molar-refractivity contribution in [1.29, 1.82) is 0 Å². The third kappa shape index (κ3) is 3.13. The molecule has 2 aliphatic rings. The van der Waals surface area contributed by atoms with Crippen molar-refractivity contribution in [2.24, 2.45) is 5.92 Å². The number of nitrogens with one attached hydrogen (secondary N) is 1. The fourth-order valence-electron chi connectivity index (χ4n) is 3.73. The average molecular weight is 266 g/mol. The third-order valence-electron chi connectivity index (χ3n) is 4.93. The Morgan fingerprint density at radius 2 is 2.00 bits per heavy atom. The Morgan fingerprint density at radius 1 is 1.32 bits per heavy atom. The highest BCUT2D eigenvalue weighted by Crippen LogP contribution is 2.34. The van der Waals surface area contributed by atoms with E-state index in [1.807, 2.05) is 0 Å². The van der Waals surface area contributed by atoms with Crippen LogP contribution in [0.5, 0.6) is 0 Å². The number of amides is 1. The Kier molecular flexibility index (Phi) is 5.26. The van der Waals surface area contributed by atoms with Gasteiger partial charge in [-0.05, 0) is 38.5 Å². The number of carbonyl (C=O) groups excluding carboxylic acids is 1. The molecule has 110 valence electrons. The van der Waals surface area contributed by atoms with Crippen LogP contribution in [-0.2, 0) is 4.79 Å². The first-order valence-corrected chi connectivity index (χ1v) is 8.27. The van der Waals surface area contributed by atoms with Crippen molar-refractivity contribution in [2.75, 3.05) is 0 Å². The molecule has 2 rings (SSSR count). The van der Waals surface area contributed by atoms with Crippen LogP contribution in [0, 0.1) is 5.92 Å². The maximum absolute atomic E-state index is 12.6. The topological polar surface area (TPSA) is 32.3 Å². The van der Waals surface area contributed by atoms with Gasteiger partial charge in [-0.1, -0.05) is 39.5 Å². The summed E-state index contributed by atoms with van der Waals surface area (Å²) < 4.78 is 0. The molecule has 1 heterocycles. The monoisotopic (exact) mass is 266 g/mol. The van der Waals surface area contributed by atoms with E-state index >= 15 is 0 Å². The maximum Gasteiger partial charge on any atom is 0.241 e. The zero-order valence-electron chi connectivity index (χ0n) is 12.8. The second-order valence-corrected chi connectivity index (χ2v) is 6.35. The zero-order valence-corrected chi connectivity index (χ0v) is 12.8. The highest BCUT2D eigenvalue weighted by atomic mass is 16.2. The summed E-state index contributed by atoms with van der Waals surface area (Å²) in [4.78, 5) is 14.8. The molecule has 3 atom stereocenters. The molecule has 1 aliphatic carbocycles. The van der Waals surface area contributed by atoms with Crippen molar-refractivity contribution in [3.05, 3.63) is 0 Å². The molecule has 1 aliphatic heterocycles. The van der Waals surface area contributed by atoms with Gasteiger partial charge in [0.25, 0.3) is 0 Å². The van der Waals surface area contributed by atoms with Crippen LogP contribution in [0.25, 0.3) is 0 Å². The van der Waals surface area contributed by atoms with Crippen molar-refractivity contribution >= 4 is 5.91 Å². The van der Waals surface area contributed by atoms with Crippen molar-refractivity contribution in [3.8, 4) is 0 Å². The standard InChI is InChI=1S/C16H30N2O/c1-4-6-9-12(3)18-15(13-10-7-8-11-13)17-14(5-2)16(18)19/h12-15,17H,4-11H2,1-3H3. The highest BCUT2D eigenvalue weighted by Gasteiger charge is 2.43. The molecule has 0 aromatic rings. The summed E-state index contributed by atoms with van der Waals surface area (Å²) in [6.07, 6.45) is 10.1. The summed E-state index contributed by atoms with van der Waals surface area (Å²) in [5.41, 5.74) is 0. The Morgan fingerprint density at radius 3 is 2.58 bits per heavy atom. The van der Waals surface area contributed by atoms with Crippen LogP contribution in [0.2, 0.25) is 0 Å². The summed E-state index contributed by atoms with van der Waals surface area (Å²) in [7, 11) is 0. The molecule has 0 spiro atoms. The minimum atomic E-state index is 0.0645. The molecule has 0 aromatic carbocycles. The van der Waals surface area contributed by atoms with Gasteiger partial charge in [0.05, 0.1) is 12.2 Å². The lowest BCUT2D eigenvalue weighted by atomic mass is 10.0. The molecule has 3 heteroatoms. The summed E-state index contributed by atoms with van der Waals surface area (Å²) in [6, 6.07) is 0.455. The molecule has 1 saturated carbocycles. The fourth-order valence-corrected chi connectivity index (χ4v) is 3.73. The molecule has 2 fully saturated rings. The van der Waals surface area contributed by atoms with Gasteiger partial charge >= 0.3 is 0 Å². The predicted molar refractivity (Wildman–Crippen MR) is 78.8 cm³/mol. The molecule has 0 radical (unpaired) electrons. The third-order valence-corrected chi connectivity index (χ3v) is 4.93. The lowest BCUT2D eigenvalue weighted by Gasteiger charge is -2.34. The van der Waals surface area contributed by atoms with Gasteiger partial charge in [0.2, 0.25) is 5.91 Å². The van der Waals surface area contributed by atoms with E-state index in [0.717, 1.165) is 12.8 Å². The molecule has 0 aromatic heterocycles. The smallest absolute Gasteiger partial charge is 0.241 e. The van der Waals surface area contributed by atoms with Crippen molar-refractivity contribution < 1.29 is 4.79 Å². The summed E-state index contributed by atoms with van der Waals surface area (Å²) in [5, 5.41) is 3.62. The van der Waals surface area contributed by atoms with E-state index in [1.165, 1.54) is 38.5 Å². The van der Waals surface area contributed by atoms with E-state index in [-0.39, 0.29) is 6.04 Å². The molecule has 1 saturated heterocycles. The van der Waals surface area contributed by atoms with Crippen molar-refractivity contribution in [1.82, 2.24) is 10.2 Å². The minimum absolute atomic E-state index is 0.0645. The van der Waals surface area contributed by atoms with Gasteiger partial charge in [0.1, 0.15) is 0 Å². The van der Waals surface area contributed by atoms with Crippen LogP contribution in [0.3, 0.4) is 0 Å². The highest BCUT2D eigenvalue weighted by molar-refractivity contribution is 5.84. The molecule has 3 unspecified atom stereocenters. The van der Waals surface area contributed by atoms with Crippen LogP contribution in [0.4, 0.5) is 0 Å². The number of unbranched alkanes of at least 4 members (excludes halogenated alkanes) is 1. The lowest BCUT2D eigenvalue weighted by Crippen LogP contribution is -2.47. The quantitative estimate of drug-likeness (QED) is 0.800. The normalized spacial score (nSPS) is 30.3. The maximum atomic E-state index is 12.6. The Hall–Kier alpha value is -0.570. The molecule has 19 heavy (non-hydrogen) atoms. The van der Waals surface area contributed by atoms with Crippen LogP contribution in [0.15, 0.2) is 0 Å². The van der Waals surface area contributed by atoms with Crippen LogP contribution in [-0.4, -0.2) is 29.1 Å². The molecular weight excluding hydrogens is 236 g/mol. The number of nitrogens with zero attached hydrogens (tertiary/aromatic N) is 1.